The van der Waals surface area contributed by atoms with Gasteiger partial charge in [0.25, 0.3) is 0 Å². The summed E-state index contributed by atoms with van der Waals surface area (Å²) in [5.74, 6) is -3.25. The molecule has 0 radical (unpaired) electrons. The Balaban J connectivity index is 0. The van der Waals surface area contributed by atoms with E-state index in [9.17, 15) is 19.2 Å². The minimum atomic E-state index is -1.12. The summed E-state index contributed by atoms with van der Waals surface area (Å²) < 4.78 is 0. The summed E-state index contributed by atoms with van der Waals surface area (Å²) >= 11 is 0. The van der Waals surface area contributed by atoms with E-state index in [-0.39, 0.29) is 18.8 Å². The van der Waals surface area contributed by atoms with Gasteiger partial charge < -0.3 is 32.1 Å². The first-order valence-corrected chi connectivity index (χ1v) is 8.76. The van der Waals surface area contributed by atoms with Crippen LogP contribution in [0.5, 0.6) is 0 Å². The van der Waals surface area contributed by atoms with Crippen molar-refractivity contribution >= 4 is 23.8 Å². The van der Waals surface area contributed by atoms with Gasteiger partial charge in [-0.3, -0.25) is 14.4 Å². The second-order valence-corrected chi connectivity index (χ2v) is 7.14. The molecule has 0 heterocycles. The topological polar surface area (TPSA) is 193 Å². The molecular weight excluding hydrogens is 358 g/mol. The Hall–Kier alpha value is -2.20. The van der Waals surface area contributed by atoms with Crippen LogP contribution in [0.15, 0.2) is 0 Å². The minimum absolute atomic E-state index is 0.0187. The molecule has 0 aliphatic carbocycles. The van der Waals surface area contributed by atoms with E-state index in [1.807, 2.05) is 27.7 Å². The lowest BCUT2D eigenvalue weighted by molar-refractivity contribution is -0.143. The minimum Gasteiger partial charge on any atom is -0.481 e. The van der Waals surface area contributed by atoms with E-state index in [0.717, 1.165) is 0 Å². The van der Waals surface area contributed by atoms with Crippen molar-refractivity contribution in [1.82, 2.24) is 5.32 Å². The average molecular weight is 391 g/mol. The van der Waals surface area contributed by atoms with Crippen LogP contribution in [0.1, 0.15) is 53.4 Å². The molecule has 0 aliphatic heterocycles. The summed E-state index contributed by atoms with van der Waals surface area (Å²) in [4.78, 5) is 42.9. The first-order chi connectivity index (χ1) is 12.3. The third-order valence-electron chi connectivity index (χ3n) is 3.37. The third-order valence-corrected chi connectivity index (χ3v) is 3.37. The quantitative estimate of drug-likeness (QED) is 0.286. The highest BCUT2D eigenvalue weighted by molar-refractivity contribution is 5.87. The first kappa shape index (κ1) is 27.0. The van der Waals surface area contributed by atoms with Crippen LogP contribution in [-0.4, -0.2) is 57.3 Å². The smallest absolute Gasteiger partial charge is 0.326 e. The molecule has 0 rings (SSSR count). The van der Waals surface area contributed by atoms with E-state index in [0.29, 0.717) is 18.8 Å². The van der Waals surface area contributed by atoms with Gasteiger partial charge in [-0.1, -0.05) is 27.7 Å². The van der Waals surface area contributed by atoms with Gasteiger partial charge in [0.15, 0.2) is 0 Å². The number of carbonyl (C=O) groups is 4. The molecule has 1 amide bonds. The summed E-state index contributed by atoms with van der Waals surface area (Å²) in [7, 11) is 0. The Morgan fingerprint density at radius 3 is 1.59 bits per heavy atom. The molecule has 0 fully saturated rings. The summed E-state index contributed by atoms with van der Waals surface area (Å²) in [6, 6.07) is -2.69. The lowest BCUT2D eigenvalue weighted by Gasteiger charge is -2.18. The number of carbonyl (C=O) groups excluding carboxylic acids is 1. The van der Waals surface area contributed by atoms with Crippen LogP contribution < -0.4 is 16.8 Å². The Kier molecular flexibility index (Phi) is 13.9. The van der Waals surface area contributed by atoms with Crippen LogP contribution in [0.2, 0.25) is 0 Å². The average Bonchev–Trinajstić information content (AvgIpc) is 2.51. The van der Waals surface area contributed by atoms with Crippen molar-refractivity contribution in [2.24, 2.45) is 23.3 Å². The Labute approximate surface area is 159 Å². The van der Waals surface area contributed by atoms with Gasteiger partial charge in [-0.15, -0.1) is 0 Å². The molecule has 0 aromatic rings. The number of hydrogen-bond acceptors (Lipinski definition) is 6. The van der Waals surface area contributed by atoms with Crippen LogP contribution in [0.4, 0.5) is 0 Å². The van der Waals surface area contributed by atoms with Crippen molar-refractivity contribution in [2.75, 3.05) is 0 Å². The maximum absolute atomic E-state index is 11.6. The lowest BCUT2D eigenvalue weighted by atomic mass is 10.0. The molecule has 3 atom stereocenters. The normalized spacial score (nSPS) is 13.9. The van der Waals surface area contributed by atoms with Crippen LogP contribution in [0.25, 0.3) is 0 Å². The van der Waals surface area contributed by atoms with Gasteiger partial charge in [-0.05, 0) is 31.1 Å². The van der Waals surface area contributed by atoms with Crippen LogP contribution >= 0.6 is 0 Å². The number of nitrogens with one attached hydrogen (secondary N) is 1. The molecule has 0 saturated heterocycles. The van der Waals surface area contributed by atoms with Crippen molar-refractivity contribution < 1.29 is 34.5 Å². The Morgan fingerprint density at radius 1 is 0.815 bits per heavy atom. The van der Waals surface area contributed by atoms with E-state index in [1.54, 1.807) is 0 Å². The molecule has 10 heteroatoms. The van der Waals surface area contributed by atoms with Crippen molar-refractivity contribution in [1.29, 1.82) is 0 Å². The summed E-state index contributed by atoms with van der Waals surface area (Å²) in [5.41, 5.74) is 10.7. The largest absolute Gasteiger partial charge is 0.481 e. The number of nitrogens with two attached hydrogens (primary N) is 2. The summed E-state index contributed by atoms with van der Waals surface area (Å²) in [6.45, 7) is 7.57. The van der Waals surface area contributed by atoms with Gasteiger partial charge in [0.2, 0.25) is 5.91 Å². The fourth-order valence-corrected chi connectivity index (χ4v) is 1.99. The maximum atomic E-state index is 11.6. The number of aliphatic carboxylic acids is 3. The molecule has 158 valence electrons. The van der Waals surface area contributed by atoms with E-state index < -0.39 is 41.9 Å². The number of carboxylic acid groups (broad SMARTS) is 3. The van der Waals surface area contributed by atoms with Gasteiger partial charge in [-0.25, -0.2) is 4.79 Å². The predicted molar refractivity (Wildman–Crippen MR) is 98.9 cm³/mol. The number of hydrogen-bond donors (Lipinski definition) is 6. The van der Waals surface area contributed by atoms with Gasteiger partial charge in [-0.2, -0.15) is 0 Å². The zero-order valence-corrected chi connectivity index (χ0v) is 16.3. The highest BCUT2D eigenvalue weighted by Crippen LogP contribution is 2.06. The zero-order chi connectivity index (χ0) is 21.7. The standard InChI is InChI=1S/C11H20N2O5.C6H13NO2/c1-6(2)5-8(11(17)18)13-10(16)7(12)3-4-9(14)15;1-4(2)3-5(7)6(8)9/h6-8H,3-5,12H2,1-2H3,(H,13,16)(H,14,15)(H,17,18);4-5H,3,7H2,1-2H3,(H,8,9)/t7-,8-;5-/m00/s1. The van der Waals surface area contributed by atoms with Crippen molar-refractivity contribution in [3.05, 3.63) is 0 Å². The van der Waals surface area contributed by atoms with E-state index >= 15 is 0 Å². The monoisotopic (exact) mass is 391 g/mol. The highest BCUT2D eigenvalue weighted by atomic mass is 16.4. The maximum Gasteiger partial charge on any atom is 0.326 e. The van der Waals surface area contributed by atoms with Crippen molar-refractivity contribution in [3.63, 3.8) is 0 Å². The Bertz CT molecular complexity index is 495. The van der Waals surface area contributed by atoms with Crippen molar-refractivity contribution in [2.45, 2.75) is 71.5 Å². The molecule has 8 N–H and O–H groups in total. The van der Waals surface area contributed by atoms with Gasteiger partial charge in [0, 0.05) is 6.42 Å². The molecule has 0 aliphatic rings. The molecule has 0 aromatic carbocycles. The number of carboxylic acids is 3. The molecular formula is C17H33N3O7. The molecule has 0 unspecified atom stereocenters. The fraction of sp³-hybridized carbons (Fsp3) is 0.765. The van der Waals surface area contributed by atoms with Crippen LogP contribution in [-0.2, 0) is 19.2 Å². The van der Waals surface area contributed by atoms with E-state index in [2.05, 4.69) is 5.32 Å². The predicted octanol–water partition coefficient (Wildman–Crippen LogP) is 0.238. The molecule has 0 saturated carbocycles. The second kappa shape index (κ2) is 13.9. The fourth-order valence-electron chi connectivity index (χ4n) is 1.99. The van der Waals surface area contributed by atoms with Crippen LogP contribution in [0, 0.1) is 11.8 Å². The SMILES string of the molecule is CC(C)C[C@H](N)C(=O)O.CC(C)C[C@H](NC(=O)[C@@H](N)CCC(=O)O)C(=O)O. The van der Waals surface area contributed by atoms with Crippen LogP contribution in [0.3, 0.4) is 0 Å². The summed E-state index contributed by atoms with van der Waals surface area (Å²) in [5, 5.41) is 28.0. The third kappa shape index (κ3) is 15.7. The first-order valence-electron chi connectivity index (χ1n) is 8.76. The molecule has 0 bridgehead atoms. The molecule has 0 aromatic heterocycles. The van der Waals surface area contributed by atoms with E-state index in [4.69, 9.17) is 26.8 Å². The van der Waals surface area contributed by atoms with Gasteiger partial charge in [0.05, 0.1) is 6.04 Å². The zero-order valence-electron chi connectivity index (χ0n) is 16.3. The highest BCUT2D eigenvalue weighted by Gasteiger charge is 2.24. The lowest BCUT2D eigenvalue weighted by Crippen LogP contribution is -2.49. The number of amides is 1. The Morgan fingerprint density at radius 2 is 1.30 bits per heavy atom. The second-order valence-electron chi connectivity index (χ2n) is 7.14. The van der Waals surface area contributed by atoms with Crippen molar-refractivity contribution in [3.8, 4) is 0 Å². The summed E-state index contributed by atoms with van der Waals surface area (Å²) in [6.07, 6.45) is 0.605. The van der Waals surface area contributed by atoms with Gasteiger partial charge in [0.1, 0.15) is 12.1 Å². The van der Waals surface area contributed by atoms with Gasteiger partial charge >= 0.3 is 17.9 Å². The molecule has 27 heavy (non-hydrogen) atoms. The van der Waals surface area contributed by atoms with E-state index in [1.165, 1.54) is 0 Å². The molecule has 10 nitrogen and oxygen atoms in total. The molecule has 0 spiro atoms. The number of rotatable bonds is 11.